The smallest absolute Gasteiger partial charge is 0.246 e. The second kappa shape index (κ2) is 7.32. The summed E-state index contributed by atoms with van der Waals surface area (Å²) in [6.07, 6.45) is 0.377. The lowest BCUT2D eigenvalue weighted by Crippen LogP contribution is -2.47. The molecule has 0 unspecified atom stereocenters. The van der Waals surface area contributed by atoms with Crippen molar-refractivity contribution in [2.24, 2.45) is 5.73 Å². The first-order valence-electron chi connectivity index (χ1n) is 5.35. The van der Waals surface area contributed by atoms with E-state index in [9.17, 15) is 9.59 Å². The van der Waals surface area contributed by atoms with Crippen LogP contribution in [0.3, 0.4) is 0 Å². The molecule has 5 nitrogen and oxygen atoms in total. The fourth-order valence-corrected chi connectivity index (χ4v) is 2.10. The third-order valence-corrected chi connectivity index (χ3v) is 2.95. The summed E-state index contributed by atoms with van der Waals surface area (Å²) in [7, 11) is 1.42. The van der Waals surface area contributed by atoms with Crippen LogP contribution in [-0.4, -0.2) is 31.6 Å². The van der Waals surface area contributed by atoms with Gasteiger partial charge in [-0.3, -0.25) is 9.59 Å². The Labute approximate surface area is 119 Å². The first-order valence-corrected chi connectivity index (χ1v) is 6.43. The van der Waals surface area contributed by atoms with Crippen LogP contribution in [0.2, 0.25) is 0 Å². The lowest BCUT2D eigenvalue weighted by Gasteiger charge is -2.15. The SMILES string of the molecule is COCC(=O)N[C@@H](Cc1cccc(I)c1)C(N)=O. The monoisotopic (exact) mass is 362 g/mol. The standard InChI is InChI=1S/C12H15IN2O3/c1-18-7-11(16)15-10(12(14)17)6-8-3-2-4-9(13)5-8/h2-5,10H,6-7H2,1H3,(H2,14,17)(H,15,16)/t10-/m0/s1. The van der Waals surface area contributed by atoms with Crippen molar-refractivity contribution in [3.63, 3.8) is 0 Å². The van der Waals surface area contributed by atoms with Gasteiger partial charge in [-0.15, -0.1) is 0 Å². The van der Waals surface area contributed by atoms with Gasteiger partial charge >= 0.3 is 0 Å². The van der Waals surface area contributed by atoms with E-state index in [1.165, 1.54) is 7.11 Å². The molecule has 1 rings (SSSR count). The molecule has 1 aromatic rings. The number of hydrogen-bond donors (Lipinski definition) is 2. The van der Waals surface area contributed by atoms with Crippen LogP contribution in [0.15, 0.2) is 24.3 Å². The van der Waals surface area contributed by atoms with E-state index in [2.05, 4.69) is 32.6 Å². The quantitative estimate of drug-likeness (QED) is 0.721. The maximum Gasteiger partial charge on any atom is 0.246 e. The van der Waals surface area contributed by atoms with Gasteiger partial charge in [0.05, 0.1) is 0 Å². The molecule has 0 fully saturated rings. The topological polar surface area (TPSA) is 81.4 Å². The maximum atomic E-state index is 11.4. The van der Waals surface area contributed by atoms with Gasteiger partial charge < -0.3 is 15.8 Å². The van der Waals surface area contributed by atoms with E-state index < -0.39 is 11.9 Å². The lowest BCUT2D eigenvalue weighted by atomic mass is 10.1. The zero-order valence-electron chi connectivity index (χ0n) is 9.98. The molecule has 1 atom stereocenters. The number of benzene rings is 1. The molecule has 0 bridgehead atoms. The van der Waals surface area contributed by atoms with E-state index in [0.717, 1.165) is 9.13 Å². The number of hydrogen-bond acceptors (Lipinski definition) is 3. The van der Waals surface area contributed by atoms with Crippen molar-refractivity contribution in [1.82, 2.24) is 5.32 Å². The van der Waals surface area contributed by atoms with Gasteiger partial charge in [0.1, 0.15) is 12.6 Å². The number of ether oxygens (including phenoxy) is 1. The predicted molar refractivity (Wildman–Crippen MR) is 75.9 cm³/mol. The van der Waals surface area contributed by atoms with Gasteiger partial charge in [0, 0.05) is 17.1 Å². The predicted octanol–water partition coefficient (Wildman–Crippen LogP) is 0.450. The number of nitrogens with two attached hydrogens (primary N) is 1. The maximum absolute atomic E-state index is 11.4. The normalized spacial score (nSPS) is 11.9. The Morgan fingerprint density at radius 2 is 2.22 bits per heavy atom. The van der Waals surface area contributed by atoms with Crippen LogP contribution in [0, 0.1) is 3.57 Å². The summed E-state index contributed by atoms with van der Waals surface area (Å²) in [5.74, 6) is -0.912. The second-order valence-corrected chi connectivity index (χ2v) is 5.04. The van der Waals surface area contributed by atoms with E-state index in [1.54, 1.807) is 0 Å². The molecular formula is C12H15IN2O3. The zero-order valence-corrected chi connectivity index (χ0v) is 12.1. The zero-order chi connectivity index (χ0) is 13.5. The number of carbonyl (C=O) groups is 2. The molecule has 0 spiro atoms. The minimum atomic E-state index is -0.717. The Balaban J connectivity index is 2.69. The number of rotatable bonds is 6. The molecule has 18 heavy (non-hydrogen) atoms. The molecule has 0 aromatic heterocycles. The number of carbonyl (C=O) groups excluding carboxylic acids is 2. The minimum absolute atomic E-state index is 0.0872. The van der Waals surface area contributed by atoms with Crippen LogP contribution in [0.1, 0.15) is 5.56 Å². The van der Waals surface area contributed by atoms with E-state index in [4.69, 9.17) is 5.73 Å². The summed E-state index contributed by atoms with van der Waals surface area (Å²) in [4.78, 5) is 22.7. The van der Waals surface area contributed by atoms with E-state index >= 15 is 0 Å². The third-order valence-electron chi connectivity index (χ3n) is 2.28. The Kier molecular flexibility index (Phi) is 6.06. The lowest BCUT2D eigenvalue weighted by molar-refractivity contribution is -0.129. The number of primary amides is 1. The summed E-state index contributed by atoms with van der Waals surface area (Å²) >= 11 is 2.18. The minimum Gasteiger partial charge on any atom is -0.375 e. The molecule has 2 amide bonds. The van der Waals surface area contributed by atoms with Crippen molar-refractivity contribution < 1.29 is 14.3 Å². The van der Waals surface area contributed by atoms with Crippen molar-refractivity contribution >= 4 is 34.4 Å². The molecule has 0 saturated heterocycles. The molecule has 0 aliphatic rings. The number of amides is 2. The first kappa shape index (κ1) is 14.9. The fraction of sp³-hybridized carbons (Fsp3) is 0.333. The van der Waals surface area contributed by atoms with Crippen LogP contribution >= 0.6 is 22.6 Å². The van der Waals surface area contributed by atoms with Gasteiger partial charge in [0.2, 0.25) is 11.8 Å². The second-order valence-electron chi connectivity index (χ2n) is 3.79. The Morgan fingerprint density at radius 1 is 1.50 bits per heavy atom. The van der Waals surface area contributed by atoms with Gasteiger partial charge in [0.15, 0.2) is 0 Å². The molecule has 3 N–H and O–H groups in total. The largest absolute Gasteiger partial charge is 0.375 e. The fourth-order valence-electron chi connectivity index (χ4n) is 1.49. The molecule has 0 aliphatic carbocycles. The highest BCUT2D eigenvalue weighted by Gasteiger charge is 2.18. The van der Waals surface area contributed by atoms with Gasteiger partial charge in [-0.2, -0.15) is 0 Å². The van der Waals surface area contributed by atoms with Crippen LogP contribution in [-0.2, 0) is 20.7 Å². The van der Waals surface area contributed by atoms with Crippen molar-refractivity contribution in [3.05, 3.63) is 33.4 Å². The van der Waals surface area contributed by atoms with Crippen molar-refractivity contribution in [1.29, 1.82) is 0 Å². The Morgan fingerprint density at radius 3 is 2.78 bits per heavy atom. The van der Waals surface area contributed by atoms with Crippen molar-refractivity contribution in [2.75, 3.05) is 13.7 Å². The highest BCUT2D eigenvalue weighted by atomic mass is 127. The molecule has 0 aliphatic heterocycles. The van der Waals surface area contributed by atoms with E-state index in [-0.39, 0.29) is 12.5 Å². The van der Waals surface area contributed by atoms with Gasteiger partial charge in [-0.25, -0.2) is 0 Å². The van der Waals surface area contributed by atoms with E-state index in [0.29, 0.717) is 6.42 Å². The van der Waals surface area contributed by atoms with E-state index in [1.807, 2.05) is 24.3 Å². The number of methoxy groups -OCH3 is 1. The van der Waals surface area contributed by atoms with Crippen molar-refractivity contribution in [2.45, 2.75) is 12.5 Å². The van der Waals surface area contributed by atoms with Crippen LogP contribution in [0.5, 0.6) is 0 Å². The van der Waals surface area contributed by atoms with Crippen LogP contribution in [0.4, 0.5) is 0 Å². The summed E-state index contributed by atoms with van der Waals surface area (Å²) in [5, 5.41) is 2.54. The third kappa shape index (κ3) is 5.01. The number of halogens is 1. The number of nitrogens with one attached hydrogen (secondary N) is 1. The van der Waals surface area contributed by atoms with Crippen LogP contribution < -0.4 is 11.1 Å². The molecule has 98 valence electrons. The van der Waals surface area contributed by atoms with Gasteiger partial charge in [-0.05, 0) is 40.3 Å². The molecule has 0 heterocycles. The molecule has 0 saturated carbocycles. The van der Waals surface area contributed by atoms with Crippen molar-refractivity contribution in [3.8, 4) is 0 Å². The van der Waals surface area contributed by atoms with Gasteiger partial charge in [-0.1, -0.05) is 12.1 Å². The van der Waals surface area contributed by atoms with Crippen LogP contribution in [0.25, 0.3) is 0 Å². The summed E-state index contributed by atoms with van der Waals surface area (Å²) < 4.78 is 5.75. The average molecular weight is 362 g/mol. The summed E-state index contributed by atoms with van der Waals surface area (Å²) in [5.41, 5.74) is 6.22. The molecular weight excluding hydrogens is 347 g/mol. The van der Waals surface area contributed by atoms with Gasteiger partial charge in [0.25, 0.3) is 0 Å². The Bertz CT molecular complexity index is 437. The molecule has 0 radical (unpaired) electrons. The summed E-state index contributed by atoms with van der Waals surface area (Å²) in [6, 6.07) is 6.96. The highest BCUT2D eigenvalue weighted by molar-refractivity contribution is 14.1. The average Bonchev–Trinajstić information content (AvgIpc) is 2.28. The first-order chi connectivity index (χ1) is 8.52. The highest BCUT2D eigenvalue weighted by Crippen LogP contribution is 2.09. The molecule has 1 aromatic carbocycles. The summed E-state index contributed by atoms with van der Waals surface area (Å²) in [6.45, 7) is -0.0872. The molecule has 6 heteroatoms. The Hall–Kier alpha value is -1.15.